The summed E-state index contributed by atoms with van der Waals surface area (Å²) in [6, 6.07) is 7.61. The van der Waals surface area contributed by atoms with E-state index in [-0.39, 0.29) is 29.6 Å². The largest absolute Gasteiger partial charge is 0.497 e. The van der Waals surface area contributed by atoms with Crippen LogP contribution in [-0.4, -0.2) is 18.9 Å². The molecule has 0 radical (unpaired) electrons. The van der Waals surface area contributed by atoms with Crippen LogP contribution in [0.3, 0.4) is 0 Å². The van der Waals surface area contributed by atoms with E-state index in [0.29, 0.717) is 6.42 Å². The summed E-state index contributed by atoms with van der Waals surface area (Å²) in [5.41, 5.74) is 0.987. The van der Waals surface area contributed by atoms with Crippen molar-refractivity contribution in [1.29, 1.82) is 0 Å². The van der Waals surface area contributed by atoms with Gasteiger partial charge in [0.2, 0.25) is 11.8 Å². The average molecular weight is 261 g/mol. The van der Waals surface area contributed by atoms with Crippen LogP contribution in [0.4, 0.5) is 0 Å². The Balaban J connectivity index is 2.37. The van der Waals surface area contributed by atoms with Crippen LogP contribution in [0.1, 0.15) is 31.7 Å². The second-order valence-corrected chi connectivity index (χ2v) is 5.27. The van der Waals surface area contributed by atoms with Crippen molar-refractivity contribution in [2.45, 2.75) is 26.2 Å². The smallest absolute Gasteiger partial charge is 0.230 e. The van der Waals surface area contributed by atoms with Crippen LogP contribution in [0, 0.1) is 11.8 Å². The number of carbonyl (C=O) groups excluding carboxylic acids is 2. The molecule has 1 saturated heterocycles. The lowest BCUT2D eigenvalue weighted by Gasteiger charge is -2.33. The molecule has 0 aromatic heterocycles. The maximum absolute atomic E-state index is 12.0. The van der Waals surface area contributed by atoms with Gasteiger partial charge in [-0.2, -0.15) is 0 Å². The summed E-state index contributed by atoms with van der Waals surface area (Å²) in [6.45, 7) is 4.01. The zero-order chi connectivity index (χ0) is 14.0. The van der Waals surface area contributed by atoms with Crippen molar-refractivity contribution in [3.05, 3.63) is 29.8 Å². The van der Waals surface area contributed by atoms with Crippen molar-refractivity contribution in [2.75, 3.05) is 7.11 Å². The third-order valence-electron chi connectivity index (χ3n) is 3.64. The standard InChI is InChI=1S/C15H19NO3/c1-9(2)14-12(8-13(17)16-15(14)18)10-5-4-6-11(7-10)19-3/h4-7,9,12,14H,8H2,1-3H3,(H,16,17,18). The number of benzene rings is 1. The summed E-state index contributed by atoms with van der Waals surface area (Å²) >= 11 is 0. The summed E-state index contributed by atoms with van der Waals surface area (Å²) in [5, 5.41) is 2.43. The summed E-state index contributed by atoms with van der Waals surface area (Å²) in [7, 11) is 1.61. The second-order valence-electron chi connectivity index (χ2n) is 5.27. The molecular formula is C15H19NO3. The molecule has 4 nitrogen and oxygen atoms in total. The number of piperidine rings is 1. The van der Waals surface area contributed by atoms with Gasteiger partial charge in [0.15, 0.2) is 0 Å². The number of hydrogen-bond acceptors (Lipinski definition) is 3. The van der Waals surface area contributed by atoms with Gasteiger partial charge in [-0.15, -0.1) is 0 Å². The SMILES string of the molecule is COc1cccc(C2CC(=O)NC(=O)C2C(C)C)c1. The monoisotopic (exact) mass is 261 g/mol. The number of amides is 2. The van der Waals surface area contributed by atoms with Gasteiger partial charge < -0.3 is 4.74 Å². The van der Waals surface area contributed by atoms with Crippen LogP contribution >= 0.6 is 0 Å². The first-order chi connectivity index (χ1) is 9.02. The van der Waals surface area contributed by atoms with Crippen molar-refractivity contribution in [2.24, 2.45) is 11.8 Å². The minimum Gasteiger partial charge on any atom is -0.497 e. The molecule has 1 aromatic rings. The Morgan fingerprint density at radius 2 is 2.05 bits per heavy atom. The third kappa shape index (κ3) is 2.78. The Labute approximate surface area is 113 Å². The van der Waals surface area contributed by atoms with E-state index in [1.165, 1.54) is 0 Å². The zero-order valence-corrected chi connectivity index (χ0v) is 11.5. The maximum Gasteiger partial charge on any atom is 0.230 e. The Hall–Kier alpha value is -1.84. The van der Waals surface area contributed by atoms with Crippen molar-refractivity contribution in [1.82, 2.24) is 5.32 Å². The molecule has 2 unspecified atom stereocenters. The van der Waals surface area contributed by atoms with E-state index >= 15 is 0 Å². The fourth-order valence-corrected chi connectivity index (χ4v) is 2.75. The summed E-state index contributed by atoms with van der Waals surface area (Å²) in [6.07, 6.45) is 0.349. The first-order valence-corrected chi connectivity index (χ1v) is 6.50. The molecule has 1 aromatic carbocycles. The molecule has 1 aliphatic heterocycles. The fraction of sp³-hybridized carbons (Fsp3) is 0.467. The Kier molecular flexibility index (Phi) is 3.88. The number of hydrogen-bond donors (Lipinski definition) is 1. The predicted molar refractivity (Wildman–Crippen MR) is 71.8 cm³/mol. The summed E-state index contributed by atoms with van der Waals surface area (Å²) in [5.74, 6) is 0.317. The summed E-state index contributed by atoms with van der Waals surface area (Å²) in [4.78, 5) is 23.6. The van der Waals surface area contributed by atoms with E-state index in [4.69, 9.17) is 4.74 Å². The highest BCUT2D eigenvalue weighted by atomic mass is 16.5. The molecule has 2 atom stereocenters. The van der Waals surface area contributed by atoms with Crippen LogP contribution in [0.25, 0.3) is 0 Å². The Morgan fingerprint density at radius 1 is 1.32 bits per heavy atom. The molecule has 0 aliphatic carbocycles. The first kappa shape index (κ1) is 13.6. The Bertz CT molecular complexity index is 496. The highest BCUT2D eigenvalue weighted by Gasteiger charge is 2.38. The van der Waals surface area contributed by atoms with E-state index in [2.05, 4.69) is 5.32 Å². The van der Waals surface area contributed by atoms with Crippen LogP contribution in [-0.2, 0) is 9.59 Å². The maximum atomic E-state index is 12.0. The lowest BCUT2D eigenvalue weighted by Crippen LogP contribution is -2.46. The second kappa shape index (κ2) is 5.43. The minimum absolute atomic E-state index is 0.0728. The molecule has 1 fully saturated rings. The minimum atomic E-state index is -0.199. The van der Waals surface area contributed by atoms with Crippen molar-refractivity contribution in [3.63, 3.8) is 0 Å². The number of carbonyl (C=O) groups is 2. The summed E-state index contributed by atoms with van der Waals surface area (Å²) < 4.78 is 5.21. The van der Waals surface area contributed by atoms with Crippen LogP contribution in [0.5, 0.6) is 5.75 Å². The molecule has 2 amide bonds. The first-order valence-electron chi connectivity index (χ1n) is 6.50. The van der Waals surface area contributed by atoms with Crippen molar-refractivity contribution >= 4 is 11.8 Å². The van der Waals surface area contributed by atoms with Gasteiger partial charge in [-0.05, 0) is 23.6 Å². The van der Waals surface area contributed by atoms with Gasteiger partial charge in [-0.3, -0.25) is 14.9 Å². The van der Waals surface area contributed by atoms with Gasteiger partial charge in [0.05, 0.1) is 7.11 Å². The number of imide groups is 1. The normalized spacial score (nSPS) is 23.4. The zero-order valence-electron chi connectivity index (χ0n) is 11.5. The van der Waals surface area contributed by atoms with Gasteiger partial charge >= 0.3 is 0 Å². The highest BCUT2D eigenvalue weighted by Crippen LogP contribution is 2.36. The van der Waals surface area contributed by atoms with Gasteiger partial charge in [-0.1, -0.05) is 26.0 Å². The third-order valence-corrected chi connectivity index (χ3v) is 3.64. The average Bonchev–Trinajstić information content (AvgIpc) is 2.37. The lowest BCUT2D eigenvalue weighted by atomic mass is 9.75. The number of ether oxygens (including phenoxy) is 1. The number of rotatable bonds is 3. The molecule has 2 rings (SSSR count). The molecule has 19 heavy (non-hydrogen) atoms. The van der Waals surface area contributed by atoms with E-state index in [9.17, 15) is 9.59 Å². The quantitative estimate of drug-likeness (QED) is 0.848. The van der Waals surface area contributed by atoms with Gasteiger partial charge in [0, 0.05) is 18.3 Å². The molecule has 1 heterocycles. The molecule has 1 N–H and O–H groups in total. The highest BCUT2D eigenvalue weighted by molar-refractivity contribution is 6.00. The van der Waals surface area contributed by atoms with Gasteiger partial charge in [-0.25, -0.2) is 0 Å². The van der Waals surface area contributed by atoms with Crippen LogP contribution in [0.2, 0.25) is 0 Å². The van der Waals surface area contributed by atoms with Crippen molar-refractivity contribution < 1.29 is 14.3 Å². The van der Waals surface area contributed by atoms with Gasteiger partial charge in [0.25, 0.3) is 0 Å². The molecule has 102 valence electrons. The fourth-order valence-electron chi connectivity index (χ4n) is 2.75. The van der Waals surface area contributed by atoms with E-state index in [1.54, 1.807) is 7.11 Å². The van der Waals surface area contributed by atoms with Crippen molar-refractivity contribution in [3.8, 4) is 5.75 Å². The van der Waals surface area contributed by atoms with Crippen LogP contribution in [0.15, 0.2) is 24.3 Å². The molecule has 0 saturated carbocycles. The molecule has 0 spiro atoms. The van der Waals surface area contributed by atoms with E-state index < -0.39 is 0 Å². The predicted octanol–water partition coefficient (Wildman–Crippen LogP) is 2.10. The number of methoxy groups -OCH3 is 1. The van der Waals surface area contributed by atoms with E-state index in [0.717, 1.165) is 11.3 Å². The van der Waals surface area contributed by atoms with Crippen LogP contribution < -0.4 is 10.1 Å². The lowest BCUT2D eigenvalue weighted by molar-refractivity contribution is -0.138. The molecule has 1 aliphatic rings. The van der Waals surface area contributed by atoms with E-state index in [1.807, 2.05) is 38.1 Å². The molecular weight excluding hydrogens is 242 g/mol. The topological polar surface area (TPSA) is 55.4 Å². The molecule has 4 heteroatoms. The number of nitrogens with one attached hydrogen (secondary N) is 1. The molecule has 0 bridgehead atoms. The van der Waals surface area contributed by atoms with Gasteiger partial charge in [0.1, 0.15) is 5.75 Å². The Morgan fingerprint density at radius 3 is 2.68 bits per heavy atom.